The molecule has 14 heavy (non-hydrogen) atoms. The van der Waals surface area contributed by atoms with Gasteiger partial charge in [-0.15, -0.1) is 0 Å². The van der Waals surface area contributed by atoms with E-state index in [1.165, 1.54) is 6.08 Å². The summed E-state index contributed by atoms with van der Waals surface area (Å²) in [6.07, 6.45) is 5.81. The second kappa shape index (κ2) is 8.36. The van der Waals surface area contributed by atoms with Crippen molar-refractivity contribution < 1.29 is 9.59 Å². The zero-order chi connectivity index (χ0) is 10.8. The van der Waals surface area contributed by atoms with Crippen molar-refractivity contribution in [2.45, 2.75) is 39.2 Å². The van der Waals surface area contributed by atoms with Gasteiger partial charge < -0.3 is 0 Å². The molecule has 0 aromatic rings. The van der Waals surface area contributed by atoms with E-state index < -0.39 is 0 Å². The van der Waals surface area contributed by atoms with Gasteiger partial charge in [0.2, 0.25) is 12.2 Å². The van der Waals surface area contributed by atoms with Crippen LogP contribution < -0.4 is 0 Å². The monoisotopic (exact) mass is 196 g/mol. The fourth-order valence-corrected chi connectivity index (χ4v) is 1.41. The lowest BCUT2D eigenvalue weighted by Gasteiger charge is -2.11. The van der Waals surface area contributed by atoms with Gasteiger partial charge in [0.05, 0.1) is 12.6 Å². The van der Waals surface area contributed by atoms with Gasteiger partial charge in [0.1, 0.15) is 0 Å². The molecule has 0 aliphatic heterocycles. The van der Waals surface area contributed by atoms with Crippen molar-refractivity contribution in [3.05, 3.63) is 0 Å². The zero-order valence-corrected chi connectivity index (χ0v) is 8.69. The molecule has 4 nitrogen and oxygen atoms in total. The highest BCUT2D eigenvalue weighted by molar-refractivity contribution is 5.33. The van der Waals surface area contributed by atoms with Crippen LogP contribution in [0.1, 0.15) is 33.1 Å². The summed E-state index contributed by atoms with van der Waals surface area (Å²) in [5, 5.41) is 0. The molecule has 0 aliphatic carbocycles. The topological polar surface area (TPSA) is 58.9 Å². The molecule has 0 aliphatic rings. The van der Waals surface area contributed by atoms with Crippen molar-refractivity contribution >= 4 is 12.2 Å². The van der Waals surface area contributed by atoms with Crippen molar-refractivity contribution in [1.29, 1.82) is 0 Å². The SMILES string of the molecule is CC(CCCN=C=O)CC(C)N=C=O. The van der Waals surface area contributed by atoms with E-state index in [4.69, 9.17) is 0 Å². The Morgan fingerprint density at radius 1 is 1.21 bits per heavy atom. The van der Waals surface area contributed by atoms with Crippen LogP contribution in [0.5, 0.6) is 0 Å². The fourth-order valence-electron chi connectivity index (χ4n) is 1.41. The summed E-state index contributed by atoms with van der Waals surface area (Å²) >= 11 is 0. The van der Waals surface area contributed by atoms with Gasteiger partial charge in [-0.2, -0.15) is 0 Å². The molecule has 0 aromatic heterocycles. The Kier molecular flexibility index (Phi) is 7.62. The zero-order valence-electron chi connectivity index (χ0n) is 8.69. The van der Waals surface area contributed by atoms with Crippen molar-refractivity contribution in [2.75, 3.05) is 6.54 Å². The van der Waals surface area contributed by atoms with Crippen LogP contribution in [0, 0.1) is 5.92 Å². The normalized spacial score (nSPS) is 13.6. The van der Waals surface area contributed by atoms with E-state index in [1.807, 2.05) is 6.92 Å². The molecule has 0 rings (SSSR count). The maximum absolute atomic E-state index is 9.95. The predicted molar refractivity (Wildman–Crippen MR) is 53.6 cm³/mol. The lowest BCUT2D eigenvalue weighted by molar-refractivity contribution is 0.441. The second-order valence-corrected chi connectivity index (χ2v) is 3.53. The molecule has 2 atom stereocenters. The highest BCUT2D eigenvalue weighted by atomic mass is 16.1. The third-order valence-corrected chi connectivity index (χ3v) is 2.05. The maximum atomic E-state index is 9.95. The Morgan fingerprint density at radius 2 is 1.93 bits per heavy atom. The molecule has 0 fully saturated rings. The van der Waals surface area contributed by atoms with Crippen LogP contribution in [-0.2, 0) is 9.59 Å². The van der Waals surface area contributed by atoms with Crippen LogP contribution in [0.25, 0.3) is 0 Å². The molecule has 0 saturated heterocycles. The van der Waals surface area contributed by atoms with Crippen LogP contribution in [-0.4, -0.2) is 24.7 Å². The molecule has 0 spiro atoms. The van der Waals surface area contributed by atoms with Crippen molar-refractivity contribution in [1.82, 2.24) is 0 Å². The van der Waals surface area contributed by atoms with E-state index in [2.05, 4.69) is 16.9 Å². The van der Waals surface area contributed by atoms with Gasteiger partial charge in [0, 0.05) is 0 Å². The molecule has 4 heteroatoms. The smallest absolute Gasteiger partial charge is 0.211 e. The average molecular weight is 196 g/mol. The number of hydrogen-bond donors (Lipinski definition) is 0. The minimum atomic E-state index is 0.0390. The number of carbonyl (C=O) groups excluding carboxylic acids is 2. The highest BCUT2D eigenvalue weighted by Crippen LogP contribution is 2.14. The molecule has 0 bridgehead atoms. The predicted octanol–water partition coefficient (Wildman–Crippen LogP) is 1.85. The van der Waals surface area contributed by atoms with Gasteiger partial charge in [-0.3, -0.25) is 0 Å². The Balaban J connectivity index is 3.58. The summed E-state index contributed by atoms with van der Waals surface area (Å²) in [5.41, 5.74) is 0. The van der Waals surface area contributed by atoms with E-state index in [-0.39, 0.29) is 6.04 Å². The number of aliphatic imine (C=N–C) groups is 2. The first kappa shape index (κ1) is 12.8. The van der Waals surface area contributed by atoms with Crippen molar-refractivity contribution in [2.24, 2.45) is 15.9 Å². The lowest BCUT2D eigenvalue weighted by atomic mass is 9.98. The highest BCUT2D eigenvalue weighted by Gasteiger charge is 2.06. The molecule has 78 valence electrons. The van der Waals surface area contributed by atoms with E-state index in [0.717, 1.165) is 19.3 Å². The van der Waals surface area contributed by atoms with Crippen molar-refractivity contribution in [3.63, 3.8) is 0 Å². The summed E-state index contributed by atoms with van der Waals surface area (Å²) in [7, 11) is 0. The van der Waals surface area contributed by atoms with Crippen LogP contribution >= 0.6 is 0 Å². The number of rotatable bonds is 7. The van der Waals surface area contributed by atoms with E-state index >= 15 is 0 Å². The molecule has 0 radical (unpaired) electrons. The Hall–Kier alpha value is -1.24. The molecule has 0 aromatic carbocycles. The Labute approximate surface area is 84.1 Å². The van der Waals surface area contributed by atoms with Gasteiger partial charge in [-0.1, -0.05) is 6.92 Å². The first-order chi connectivity index (χ1) is 6.70. The first-order valence-corrected chi connectivity index (χ1v) is 4.81. The minimum Gasteiger partial charge on any atom is -0.211 e. The van der Waals surface area contributed by atoms with Crippen molar-refractivity contribution in [3.8, 4) is 0 Å². The number of nitrogens with zero attached hydrogens (tertiary/aromatic N) is 2. The molecule has 0 saturated carbocycles. The second-order valence-electron chi connectivity index (χ2n) is 3.53. The summed E-state index contributed by atoms with van der Waals surface area (Å²) in [4.78, 5) is 26.8. The van der Waals surface area contributed by atoms with Gasteiger partial charge >= 0.3 is 0 Å². The maximum Gasteiger partial charge on any atom is 0.235 e. The Bertz CT molecular complexity index is 241. The van der Waals surface area contributed by atoms with Crippen LogP contribution in [0.2, 0.25) is 0 Å². The standard InChI is InChI=1S/C10H16N2O2/c1-9(4-3-5-11-7-13)6-10(2)12-8-14/h9-10H,3-6H2,1-2H3. The summed E-state index contributed by atoms with van der Waals surface area (Å²) in [6, 6.07) is 0.0390. The molecule has 0 heterocycles. The quantitative estimate of drug-likeness (QED) is 0.354. The van der Waals surface area contributed by atoms with Gasteiger partial charge in [0.25, 0.3) is 0 Å². The number of isocyanates is 2. The lowest BCUT2D eigenvalue weighted by Crippen LogP contribution is -2.06. The third kappa shape index (κ3) is 7.41. The van der Waals surface area contributed by atoms with Crippen LogP contribution in [0.15, 0.2) is 9.98 Å². The molecule has 0 amide bonds. The molecule has 0 N–H and O–H groups in total. The summed E-state index contributed by atoms with van der Waals surface area (Å²) < 4.78 is 0. The van der Waals surface area contributed by atoms with Gasteiger partial charge in [-0.05, 0) is 32.1 Å². The van der Waals surface area contributed by atoms with Gasteiger partial charge in [0.15, 0.2) is 0 Å². The largest absolute Gasteiger partial charge is 0.235 e. The van der Waals surface area contributed by atoms with E-state index in [1.54, 1.807) is 6.08 Å². The molecular formula is C10H16N2O2. The van der Waals surface area contributed by atoms with Crippen LogP contribution in [0.4, 0.5) is 0 Å². The minimum absolute atomic E-state index is 0.0390. The summed E-state index contributed by atoms with van der Waals surface area (Å²) in [6.45, 7) is 4.53. The fraction of sp³-hybridized carbons (Fsp3) is 0.800. The molecular weight excluding hydrogens is 180 g/mol. The number of hydrogen-bond acceptors (Lipinski definition) is 4. The molecule has 2 unspecified atom stereocenters. The third-order valence-electron chi connectivity index (χ3n) is 2.05. The van der Waals surface area contributed by atoms with E-state index in [9.17, 15) is 9.59 Å². The first-order valence-electron chi connectivity index (χ1n) is 4.81. The summed E-state index contributed by atoms with van der Waals surface area (Å²) in [5.74, 6) is 0.490. The van der Waals surface area contributed by atoms with Gasteiger partial charge in [-0.25, -0.2) is 19.6 Å². The van der Waals surface area contributed by atoms with Crippen LogP contribution in [0.3, 0.4) is 0 Å². The Morgan fingerprint density at radius 3 is 2.50 bits per heavy atom. The van der Waals surface area contributed by atoms with E-state index in [0.29, 0.717) is 12.5 Å². The average Bonchev–Trinajstić information content (AvgIpc) is 2.13.